The summed E-state index contributed by atoms with van der Waals surface area (Å²) in [5.41, 5.74) is 2.18. The molecular formula is C22H25N5O3. The average molecular weight is 407 g/mol. The molecule has 1 saturated heterocycles. The molecule has 3 heterocycles. The first-order valence-corrected chi connectivity index (χ1v) is 10.1. The quantitative estimate of drug-likeness (QED) is 0.581. The lowest BCUT2D eigenvalue weighted by atomic mass is 10.1. The van der Waals surface area contributed by atoms with Crippen LogP contribution in [0.4, 0.5) is 5.82 Å². The van der Waals surface area contributed by atoms with Gasteiger partial charge in [0, 0.05) is 24.1 Å². The van der Waals surface area contributed by atoms with Crippen molar-refractivity contribution < 1.29 is 14.0 Å². The summed E-state index contributed by atoms with van der Waals surface area (Å²) in [4.78, 5) is 25.1. The number of anilines is 1. The summed E-state index contributed by atoms with van der Waals surface area (Å²) in [7, 11) is 0. The highest BCUT2D eigenvalue weighted by Gasteiger charge is 2.29. The molecule has 2 unspecified atom stereocenters. The lowest BCUT2D eigenvalue weighted by Crippen LogP contribution is -2.53. The van der Waals surface area contributed by atoms with Gasteiger partial charge < -0.3 is 15.1 Å². The second-order valence-corrected chi connectivity index (χ2v) is 7.48. The SMILES string of the molecule is CCCC1CC(=O)NC(n2nc(-c3ccco3)cc2NC(=O)c2ccc(C)cc2)N1. The van der Waals surface area contributed by atoms with Crippen LogP contribution in [-0.4, -0.2) is 27.6 Å². The number of nitrogens with one attached hydrogen (secondary N) is 3. The Morgan fingerprint density at radius 3 is 2.80 bits per heavy atom. The third-order valence-corrected chi connectivity index (χ3v) is 5.07. The third kappa shape index (κ3) is 4.28. The van der Waals surface area contributed by atoms with E-state index in [1.165, 1.54) is 0 Å². The van der Waals surface area contributed by atoms with Crippen LogP contribution in [0.2, 0.25) is 0 Å². The van der Waals surface area contributed by atoms with Crippen molar-refractivity contribution in [3.8, 4) is 11.5 Å². The van der Waals surface area contributed by atoms with E-state index in [0.29, 0.717) is 29.3 Å². The highest BCUT2D eigenvalue weighted by molar-refractivity contribution is 6.04. The van der Waals surface area contributed by atoms with Crippen LogP contribution >= 0.6 is 0 Å². The van der Waals surface area contributed by atoms with Gasteiger partial charge in [0.15, 0.2) is 12.0 Å². The van der Waals surface area contributed by atoms with Gasteiger partial charge in [-0.25, -0.2) is 4.68 Å². The Morgan fingerprint density at radius 1 is 1.30 bits per heavy atom. The van der Waals surface area contributed by atoms with Crippen molar-refractivity contribution in [2.24, 2.45) is 0 Å². The molecular weight excluding hydrogens is 382 g/mol. The summed E-state index contributed by atoms with van der Waals surface area (Å²) in [6.07, 6.45) is 3.26. The molecule has 1 fully saturated rings. The maximum atomic E-state index is 12.8. The van der Waals surface area contributed by atoms with E-state index in [1.54, 1.807) is 41.3 Å². The van der Waals surface area contributed by atoms with E-state index in [9.17, 15) is 9.59 Å². The lowest BCUT2D eigenvalue weighted by Gasteiger charge is -2.32. The van der Waals surface area contributed by atoms with E-state index in [4.69, 9.17) is 4.42 Å². The van der Waals surface area contributed by atoms with E-state index >= 15 is 0 Å². The van der Waals surface area contributed by atoms with Gasteiger partial charge in [-0.3, -0.25) is 14.9 Å². The Balaban J connectivity index is 1.65. The average Bonchev–Trinajstić information content (AvgIpc) is 3.38. The molecule has 2 aromatic heterocycles. The number of carbonyl (C=O) groups is 2. The van der Waals surface area contributed by atoms with Crippen molar-refractivity contribution in [2.75, 3.05) is 5.32 Å². The molecule has 8 heteroatoms. The molecule has 1 aromatic carbocycles. The Bertz CT molecular complexity index is 1020. The molecule has 0 radical (unpaired) electrons. The van der Waals surface area contributed by atoms with Gasteiger partial charge in [-0.05, 0) is 37.6 Å². The number of rotatable bonds is 6. The molecule has 0 spiro atoms. The monoisotopic (exact) mass is 407 g/mol. The number of benzene rings is 1. The van der Waals surface area contributed by atoms with E-state index in [1.807, 2.05) is 19.1 Å². The molecule has 1 aliphatic rings. The molecule has 2 amide bonds. The summed E-state index contributed by atoms with van der Waals surface area (Å²) < 4.78 is 7.05. The first kappa shape index (κ1) is 19.9. The van der Waals surface area contributed by atoms with Gasteiger partial charge in [-0.1, -0.05) is 31.0 Å². The van der Waals surface area contributed by atoms with Crippen LogP contribution in [0.5, 0.6) is 0 Å². The second kappa shape index (κ2) is 8.54. The summed E-state index contributed by atoms with van der Waals surface area (Å²) in [5.74, 6) is 0.728. The van der Waals surface area contributed by atoms with Crippen LogP contribution in [0.25, 0.3) is 11.5 Å². The number of hydrogen-bond acceptors (Lipinski definition) is 5. The summed E-state index contributed by atoms with van der Waals surface area (Å²) in [6.45, 7) is 4.05. The van der Waals surface area contributed by atoms with Gasteiger partial charge in [0.2, 0.25) is 5.91 Å². The van der Waals surface area contributed by atoms with Gasteiger partial charge in [-0.15, -0.1) is 0 Å². The van der Waals surface area contributed by atoms with Crippen molar-refractivity contribution >= 4 is 17.6 Å². The predicted octanol–water partition coefficient (Wildman–Crippen LogP) is 3.44. The Hall–Kier alpha value is -3.39. The largest absolute Gasteiger partial charge is 0.463 e. The molecule has 8 nitrogen and oxygen atoms in total. The van der Waals surface area contributed by atoms with Gasteiger partial charge in [-0.2, -0.15) is 5.10 Å². The molecule has 30 heavy (non-hydrogen) atoms. The van der Waals surface area contributed by atoms with E-state index in [0.717, 1.165) is 18.4 Å². The standard InChI is InChI=1S/C22H25N5O3/c1-3-5-16-12-20(28)25-22(23-16)27-19(13-17(26-27)18-6-4-11-30-18)24-21(29)15-9-7-14(2)8-10-15/h4,6-11,13,16,22-23H,3,5,12H2,1-2H3,(H,24,29)(H,25,28). The van der Waals surface area contributed by atoms with Gasteiger partial charge in [0.25, 0.3) is 5.91 Å². The van der Waals surface area contributed by atoms with Crippen molar-refractivity contribution in [3.05, 3.63) is 59.9 Å². The zero-order chi connectivity index (χ0) is 21.1. The highest BCUT2D eigenvalue weighted by Crippen LogP contribution is 2.26. The maximum absolute atomic E-state index is 12.8. The van der Waals surface area contributed by atoms with Crippen LogP contribution in [0.1, 0.15) is 48.4 Å². The number of aryl methyl sites for hydroxylation is 1. The molecule has 156 valence electrons. The van der Waals surface area contributed by atoms with E-state index < -0.39 is 6.29 Å². The Kier molecular flexibility index (Phi) is 5.67. The fraction of sp³-hybridized carbons (Fsp3) is 0.318. The van der Waals surface area contributed by atoms with Gasteiger partial charge in [0.1, 0.15) is 11.5 Å². The van der Waals surface area contributed by atoms with Crippen LogP contribution in [0.3, 0.4) is 0 Å². The zero-order valence-electron chi connectivity index (χ0n) is 17.0. The van der Waals surface area contributed by atoms with E-state index in [2.05, 4.69) is 28.0 Å². The van der Waals surface area contributed by atoms with Gasteiger partial charge >= 0.3 is 0 Å². The molecule has 3 aromatic rings. The fourth-order valence-corrected chi connectivity index (χ4v) is 3.55. The minimum Gasteiger partial charge on any atom is -0.463 e. The predicted molar refractivity (Wildman–Crippen MR) is 113 cm³/mol. The van der Waals surface area contributed by atoms with Crippen molar-refractivity contribution in [3.63, 3.8) is 0 Å². The minimum absolute atomic E-state index is 0.0469. The third-order valence-electron chi connectivity index (χ3n) is 5.07. The smallest absolute Gasteiger partial charge is 0.256 e. The van der Waals surface area contributed by atoms with Crippen molar-refractivity contribution in [1.82, 2.24) is 20.4 Å². The number of nitrogens with zero attached hydrogens (tertiary/aromatic N) is 2. The number of carbonyl (C=O) groups excluding carboxylic acids is 2. The molecule has 0 saturated carbocycles. The normalized spacial score (nSPS) is 18.8. The lowest BCUT2D eigenvalue weighted by molar-refractivity contribution is -0.125. The van der Waals surface area contributed by atoms with Crippen LogP contribution < -0.4 is 16.0 Å². The molecule has 0 bridgehead atoms. The highest BCUT2D eigenvalue weighted by atomic mass is 16.3. The zero-order valence-corrected chi connectivity index (χ0v) is 17.0. The van der Waals surface area contributed by atoms with Crippen molar-refractivity contribution in [2.45, 2.75) is 45.4 Å². The summed E-state index contributed by atoms with van der Waals surface area (Å²) >= 11 is 0. The van der Waals surface area contributed by atoms with Crippen LogP contribution in [0, 0.1) is 6.92 Å². The van der Waals surface area contributed by atoms with Crippen LogP contribution in [0.15, 0.2) is 53.1 Å². The second-order valence-electron chi connectivity index (χ2n) is 7.48. The molecule has 4 rings (SSSR count). The number of aromatic nitrogens is 2. The molecule has 3 N–H and O–H groups in total. The first-order valence-electron chi connectivity index (χ1n) is 10.1. The number of amides is 2. The van der Waals surface area contributed by atoms with Gasteiger partial charge in [0.05, 0.1) is 6.26 Å². The van der Waals surface area contributed by atoms with E-state index in [-0.39, 0.29) is 17.9 Å². The summed E-state index contributed by atoms with van der Waals surface area (Å²) in [5, 5.41) is 13.8. The number of hydrogen-bond donors (Lipinski definition) is 3. The minimum atomic E-state index is -0.570. The Morgan fingerprint density at radius 2 is 2.10 bits per heavy atom. The first-order chi connectivity index (χ1) is 14.5. The summed E-state index contributed by atoms with van der Waals surface area (Å²) in [6, 6.07) is 12.7. The maximum Gasteiger partial charge on any atom is 0.256 e. The topological polar surface area (TPSA) is 101 Å². The van der Waals surface area contributed by atoms with Crippen molar-refractivity contribution in [1.29, 1.82) is 0 Å². The molecule has 0 aliphatic carbocycles. The molecule has 1 aliphatic heterocycles. The van der Waals surface area contributed by atoms with Crippen LogP contribution in [-0.2, 0) is 4.79 Å². The number of furan rings is 1. The Labute approximate surface area is 174 Å². The fourth-order valence-electron chi connectivity index (χ4n) is 3.55. The molecule has 2 atom stereocenters.